The molecule has 0 unspecified atom stereocenters. The number of nitrogens with two attached hydrogens (primary N) is 1. The van der Waals surface area contributed by atoms with Crippen LogP contribution in [-0.2, 0) is 7.05 Å². The Morgan fingerprint density at radius 1 is 1.64 bits per heavy atom. The topological polar surface area (TPSA) is 53.1 Å². The normalized spacial score (nSPS) is 18.1. The van der Waals surface area contributed by atoms with Crippen molar-refractivity contribution < 1.29 is 4.74 Å². The van der Waals surface area contributed by atoms with Crippen LogP contribution in [0, 0.1) is 5.41 Å². The molecule has 1 heterocycles. The molecule has 1 aliphatic rings. The summed E-state index contributed by atoms with van der Waals surface area (Å²) in [5.41, 5.74) is 5.94. The fraction of sp³-hybridized carbons (Fsp3) is 0.700. The molecule has 2 N–H and O–H groups in total. The highest BCUT2D eigenvalue weighted by molar-refractivity contribution is 5.12. The van der Waals surface area contributed by atoms with Gasteiger partial charge in [-0.2, -0.15) is 5.10 Å². The Morgan fingerprint density at radius 2 is 2.43 bits per heavy atom. The molecule has 0 atom stereocenters. The Morgan fingerprint density at radius 3 is 2.93 bits per heavy atom. The van der Waals surface area contributed by atoms with Crippen LogP contribution in [0.4, 0.5) is 0 Å². The summed E-state index contributed by atoms with van der Waals surface area (Å²) in [6.45, 7) is 1.55. The molecule has 4 heteroatoms. The Labute approximate surface area is 84.0 Å². The number of aryl methyl sites for hydroxylation is 1. The maximum Gasteiger partial charge on any atom is 0.157 e. The molecular formula is C10H17N3O. The zero-order chi connectivity index (χ0) is 10.0. The van der Waals surface area contributed by atoms with Crippen LogP contribution in [0.25, 0.3) is 0 Å². The fourth-order valence-electron chi connectivity index (χ4n) is 1.66. The number of aromatic nitrogens is 2. The first kappa shape index (κ1) is 9.52. The summed E-state index contributed by atoms with van der Waals surface area (Å²) in [6, 6.07) is 0. The van der Waals surface area contributed by atoms with Crippen LogP contribution in [0.5, 0.6) is 5.75 Å². The first-order valence-corrected chi connectivity index (χ1v) is 5.06. The molecule has 1 saturated carbocycles. The predicted molar refractivity (Wildman–Crippen MR) is 54.0 cm³/mol. The van der Waals surface area contributed by atoms with Gasteiger partial charge in [0.05, 0.1) is 19.0 Å². The van der Waals surface area contributed by atoms with Crippen LogP contribution in [0.15, 0.2) is 12.4 Å². The third kappa shape index (κ3) is 2.07. The Kier molecular flexibility index (Phi) is 2.46. The van der Waals surface area contributed by atoms with Crippen molar-refractivity contribution in [1.29, 1.82) is 0 Å². The van der Waals surface area contributed by atoms with Crippen LogP contribution < -0.4 is 10.5 Å². The van der Waals surface area contributed by atoms with E-state index in [1.807, 2.05) is 13.2 Å². The van der Waals surface area contributed by atoms with Crippen molar-refractivity contribution in [3.8, 4) is 5.75 Å². The van der Waals surface area contributed by atoms with Gasteiger partial charge in [0.2, 0.25) is 0 Å². The van der Waals surface area contributed by atoms with E-state index in [2.05, 4.69) is 5.10 Å². The fourth-order valence-corrected chi connectivity index (χ4v) is 1.66. The van der Waals surface area contributed by atoms with Crippen molar-refractivity contribution in [3.63, 3.8) is 0 Å². The summed E-state index contributed by atoms with van der Waals surface area (Å²) in [6.07, 6.45) is 7.22. The predicted octanol–water partition coefficient (Wildman–Crippen LogP) is 0.928. The summed E-state index contributed by atoms with van der Waals surface area (Å²) < 4.78 is 7.42. The second kappa shape index (κ2) is 3.61. The van der Waals surface area contributed by atoms with Crippen molar-refractivity contribution in [3.05, 3.63) is 12.4 Å². The van der Waals surface area contributed by atoms with Gasteiger partial charge in [0.15, 0.2) is 5.75 Å². The Hall–Kier alpha value is -1.03. The summed E-state index contributed by atoms with van der Waals surface area (Å²) in [5.74, 6) is 0.857. The maximum absolute atomic E-state index is 5.67. The van der Waals surface area contributed by atoms with E-state index >= 15 is 0 Å². The van der Waals surface area contributed by atoms with E-state index in [1.54, 1.807) is 10.9 Å². The molecule has 0 amide bonds. The third-order valence-electron chi connectivity index (χ3n) is 2.86. The minimum Gasteiger partial charge on any atom is -0.490 e. The average Bonchev–Trinajstić information content (AvgIpc) is 2.80. The molecule has 78 valence electrons. The van der Waals surface area contributed by atoms with E-state index in [0.29, 0.717) is 5.41 Å². The molecule has 1 aliphatic carbocycles. The van der Waals surface area contributed by atoms with E-state index in [9.17, 15) is 0 Å². The van der Waals surface area contributed by atoms with Gasteiger partial charge in [0.25, 0.3) is 0 Å². The first-order valence-electron chi connectivity index (χ1n) is 5.06. The number of nitrogens with zero attached hydrogens (tertiary/aromatic N) is 2. The van der Waals surface area contributed by atoms with Gasteiger partial charge in [0.1, 0.15) is 0 Å². The lowest BCUT2D eigenvalue weighted by Crippen LogP contribution is -2.17. The highest BCUT2D eigenvalue weighted by Gasteiger charge is 2.42. The molecule has 1 aromatic rings. The lowest BCUT2D eigenvalue weighted by Gasteiger charge is -2.13. The first-order chi connectivity index (χ1) is 6.74. The quantitative estimate of drug-likeness (QED) is 0.760. The molecule has 0 aromatic carbocycles. The van der Waals surface area contributed by atoms with Gasteiger partial charge >= 0.3 is 0 Å². The second-order valence-corrected chi connectivity index (χ2v) is 4.18. The van der Waals surface area contributed by atoms with Gasteiger partial charge in [0, 0.05) is 12.5 Å². The highest BCUT2D eigenvalue weighted by atomic mass is 16.5. The van der Waals surface area contributed by atoms with Crippen molar-refractivity contribution in [2.75, 3.05) is 13.2 Å². The van der Waals surface area contributed by atoms with Gasteiger partial charge in [-0.25, -0.2) is 0 Å². The van der Waals surface area contributed by atoms with E-state index in [1.165, 1.54) is 12.8 Å². The minimum atomic E-state index is 0.380. The SMILES string of the molecule is Cn1cc(OCC2(CCN)CC2)cn1. The number of rotatable bonds is 5. The monoisotopic (exact) mass is 195 g/mol. The van der Waals surface area contributed by atoms with Crippen molar-refractivity contribution in [1.82, 2.24) is 9.78 Å². The third-order valence-corrected chi connectivity index (χ3v) is 2.86. The van der Waals surface area contributed by atoms with E-state index < -0.39 is 0 Å². The average molecular weight is 195 g/mol. The van der Waals surface area contributed by atoms with Crippen molar-refractivity contribution in [2.45, 2.75) is 19.3 Å². The summed E-state index contributed by atoms with van der Waals surface area (Å²) in [4.78, 5) is 0. The second-order valence-electron chi connectivity index (χ2n) is 4.18. The number of ether oxygens (including phenoxy) is 1. The molecule has 0 saturated heterocycles. The molecule has 1 fully saturated rings. The van der Waals surface area contributed by atoms with Gasteiger partial charge in [-0.15, -0.1) is 0 Å². The smallest absolute Gasteiger partial charge is 0.157 e. The molecule has 0 spiro atoms. The lowest BCUT2D eigenvalue weighted by atomic mass is 10.0. The van der Waals surface area contributed by atoms with Gasteiger partial charge in [-0.3, -0.25) is 4.68 Å². The van der Waals surface area contributed by atoms with E-state index in [0.717, 1.165) is 25.3 Å². The Bertz CT molecular complexity index is 304. The van der Waals surface area contributed by atoms with Crippen LogP contribution in [0.3, 0.4) is 0 Å². The molecule has 1 aromatic heterocycles. The van der Waals surface area contributed by atoms with Crippen LogP contribution >= 0.6 is 0 Å². The largest absolute Gasteiger partial charge is 0.490 e. The molecule has 14 heavy (non-hydrogen) atoms. The van der Waals surface area contributed by atoms with Crippen LogP contribution in [-0.4, -0.2) is 22.9 Å². The standard InChI is InChI=1S/C10H17N3O/c1-13-7-9(6-12-13)14-8-10(2-3-10)4-5-11/h6-7H,2-5,8,11H2,1H3. The van der Waals surface area contributed by atoms with Gasteiger partial charge < -0.3 is 10.5 Å². The number of hydrogen-bond acceptors (Lipinski definition) is 3. The molecular weight excluding hydrogens is 178 g/mol. The summed E-state index contributed by atoms with van der Waals surface area (Å²) in [7, 11) is 1.89. The van der Waals surface area contributed by atoms with Crippen molar-refractivity contribution >= 4 is 0 Å². The molecule has 0 aliphatic heterocycles. The summed E-state index contributed by atoms with van der Waals surface area (Å²) in [5, 5.41) is 4.05. The van der Waals surface area contributed by atoms with E-state index in [4.69, 9.17) is 10.5 Å². The lowest BCUT2D eigenvalue weighted by molar-refractivity contribution is 0.227. The van der Waals surface area contributed by atoms with E-state index in [-0.39, 0.29) is 0 Å². The van der Waals surface area contributed by atoms with Crippen LogP contribution in [0.1, 0.15) is 19.3 Å². The maximum atomic E-state index is 5.67. The molecule has 2 rings (SSSR count). The molecule has 0 bridgehead atoms. The van der Waals surface area contributed by atoms with Crippen LogP contribution in [0.2, 0.25) is 0 Å². The molecule has 4 nitrogen and oxygen atoms in total. The zero-order valence-electron chi connectivity index (χ0n) is 8.57. The Balaban J connectivity index is 1.82. The number of hydrogen-bond donors (Lipinski definition) is 1. The summed E-state index contributed by atoms with van der Waals surface area (Å²) >= 11 is 0. The highest BCUT2D eigenvalue weighted by Crippen LogP contribution is 2.48. The zero-order valence-corrected chi connectivity index (χ0v) is 8.57. The van der Waals surface area contributed by atoms with Gasteiger partial charge in [-0.05, 0) is 25.8 Å². The molecule has 0 radical (unpaired) electrons. The minimum absolute atomic E-state index is 0.380. The van der Waals surface area contributed by atoms with Gasteiger partial charge in [-0.1, -0.05) is 0 Å². The van der Waals surface area contributed by atoms with Crippen molar-refractivity contribution in [2.24, 2.45) is 18.2 Å².